The van der Waals surface area contributed by atoms with Crippen molar-refractivity contribution < 1.29 is 14.3 Å². The van der Waals surface area contributed by atoms with Crippen molar-refractivity contribution in [3.05, 3.63) is 57.8 Å². The van der Waals surface area contributed by atoms with Crippen LogP contribution < -0.4 is 15.0 Å². The summed E-state index contributed by atoms with van der Waals surface area (Å²) in [5.41, 5.74) is 2.06. The quantitative estimate of drug-likeness (QED) is 0.551. The number of carbonyl (C=O) groups is 1. The standard InChI is InChI=1S/C19H17Cl2N5O3S/c20-13-3-1-12(2-4-13)11-29-19-25-24-18(30-19)23-17(27)14-10-22-16(21)9-15(14)26-5-7-28-8-6-26/h1-4,9-10H,5-8,11H2,(H,23,24,27). The van der Waals surface area contributed by atoms with E-state index in [2.05, 4.69) is 20.5 Å². The molecule has 0 radical (unpaired) electrons. The lowest BCUT2D eigenvalue weighted by Gasteiger charge is -2.30. The van der Waals surface area contributed by atoms with Crippen LogP contribution in [-0.4, -0.2) is 47.4 Å². The minimum Gasteiger partial charge on any atom is -0.464 e. The normalized spacial score (nSPS) is 13.9. The van der Waals surface area contributed by atoms with Gasteiger partial charge in [-0.1, -0.05) is 40.4 Å². The third-order valence-corrected chi connectivity index (χ3v) is 5.56. The van der Waals surface area contributed by atoms with Gasteiger partial charge in [0.2, 0.25) is 5.13 Å². The fourth-order valence-corrected chi connectivity index (χ4v) is 3.74. The van der Waals surface area contributed by atoms with Crippen LogP contribution in [0.3, 0.4) is 0 Å². The molecular weight excluding hydrogens is 449 g/mol. The highest BCUT2D eigenvalue weighted by Gasteiger charge is 2.21. The molecule has 0 saturated carbocycles. The van der Waals surface area contributed by atoms with Crippen LogP contribution in [0.2, 0.25) is 10.2 Å². The smallest absolute Gasteiger partial charge is 0.296 e. The number of hydrogen-bond acceptors (Lipinski definition) is 8. The van der Waals surface area contributed by atoms with Gasteiger partial charge in [-0.3, -0.25) is 10.1 Å². The largest absolute Gasteiger partial charge is 0.464 e. The summed E-state index contributed by atoms with van der Waals surface area (Å²) in [5.74, 6) is -0.346. The van der Waals surface area contributed by atoms with E-state index < -0.39 is 0 Å². The predicted molar refractivity (Wildman–Crippen MR) is 116 cm³/mol. The number of anilines is 2. The molecule has 1 fully saturated rings. The van der Waals surface area contributed by atoms with Crippen molar-refractivity contribution in [2.45, 2.75) is 6.61 Å². The molecule has 1 aliphatic rings. The van der Waals surface area contributed by atoms with E-state index in [0.717, 1.165) is 16.9 Å². The van der Waals surface area contributed by atoms with E-state index in [4.69, 9.17) is 32.7 Å². The van der Waals surface area contributed by atoms with Crippen LogP contribution in [0, 0.1) is 0 Å². The van der Waals surface area contributed by atoms with Gasteiger partial charge in [0.1, 0.15) is 11.8 Å². The van der Waals surface area contributed by atoms with Gasteiger partial charge in [0.15, 0.2) is 0 Å². The molecule has 2 aromatic heterocycles. The maximum atomic E-state index is 12.8. The number of nitrogens with one attached hydrogen (secondary N) is 1. The number of amides is 1. The highest BCUT2D eigenvalue weighted by molar-refractivity contribution is 7.17. The van der Waals surface area contributed by atoms with Gasteiger partial charge < -0.3 is 14.4 Å². The van der Waals surface area contributed by atoms with Gasteiger partial charge in [-0.25, -0.2) is 4.98 Å². The van der Waals surface area contributed by atoms with Crippen LogP contribution in [-0.2, 0) is 11.3 Å². The number of aromatic nitrogens is 3. The number of nitrogens with zero attached hydrogens (tertiary/aromatic N) is 4. The number of rotatable bonds is 6. The summed E-state index contributed by atoms with van der Waals surface area (Å²) in [6.07, 6.45) is 1.46. The fourth-order valence-electron chi connectivity index (χ4n) is 2.87. The van der Waals surface area contributed by atoms with Gasteiger partial charge in [0.25, 0.3) is 11.1 Å². The number of benzene rings is 1. The van der Waals surface area contributed by atoms with Crippen LogP contribution in [0.4, 0.5) is 10.8 Å². The third kappa shape index (κ3) is 5.17. The summed E-state index contributed by atoms with van der Waals surface area (Å²) in [6, 6.07) is 9.00. The van der Waals surface area contributed by atoms with Gasteiger partial charge in [0.05, 0.1) is 24.5 Å². The zero-order valence-corrected chi connectivity index (χ0v) is 18.0. The zero-order valence-electron chi connectivity index (χ0n) is 15.7. The average Bonchev–Trinajstić information content (AvgIpc) is 3.21. The Morgan fingerprint density at radius 3 is 2.73 bits per heavy atom. The summed E-state index contributed by atoms with van der Waals surface area (Å²) < 4.78 is 11.0. The van der Waals surface area contributed by atoms with E-state index in [9.17, 15) is 4.79 Å². The Kier molecular flexibility index (Phi) is 6.63. The van der Waals surface area contributed by atoms with E-state index in [0.29, 0.717) is 64.7 Å². The number of carbonyl (C=O) groups excluding carboxylic acids is 1. The second-order valence-corrected chi connectivity index (χ2v) is 8.13. The van der Waals surface area contributed by atoms with E-state index in [1.807, 2.05) is 17.0 Å². The molecule has 0 atom stereocenters. The first-order valence-electron chi connectivity index (χ1n) is 9.09. The van der Waals surface area contributed by atoms with E-state index >= 15 is 0 Å². The molecule has 1 aliphatic heterocycles. The SMILES string of the molecule is O=C(Nc1nnc(OCc2ccc(Cl)cc2)s1)c1cnc(Cl)cc1N1CCOCC1. The minimum absolute atomic E-state index is 0.321. The highest BCUT2D eigenvalue weighted by atomic mass is 35.5. The summed E-state index contributed by atoms with van der Waals surface area (Å²) >= 11 is 13.1. The van der Waals surface area contributed by atoms with E-state index in [1.54, 1.807) is 18.2 Å². The number of ether oxygens (including phenoxy) is 2. The van der Waals surface area contributed by atoms with Gasteiger partial charge >= 0.3 is 0 Å². The maximum absolute atomic E-state index is 12.8. The van der Waals surface area contributed by atoms with E-state index in [-0.39, 0.29) is 5.91 Å². The average molecular weight is 466 g/mol. The van der Waals surface area contributed by atoms with Crippen molar-refractivity contribution >= 4 is 51.3 Å². The zero-order chi connectivity index (χ0) is 20.9. The Hall–Kier alpha value is -2.46. The lowest BCUT2D eigenvalue weighted by Crippen LogP contribution is -2.37. The molecule has 0 spiro atoms. The number of halogens is 2. The lowest BCUT2D eigenvalue weighted by atomic mass is 10.2. The number of morpholine rings is 1. The minimum atomic E-state index is -0.346. The Morgan fingerprint density at radius 2 is 1.97 bits per heavy atom. The van der Waals surface area contributed by atoms with Gasteiger partial charge in [-0.15, -0.1) is 5.10 Å². The summed E-state index contributed by atoms with van der Waals surface area (Å²) in [6.45, 7) is 2.84. The number of pyridine rings is 1. The molecule has 8 nitrogen and oxygen atoms in total. The van der Waals surface area contributed by atoms with Crippen molar-refractivity contribution in [2.24, 2.45) is 0 Å². The second kappa shape index (κ2) is 9.57. The summed E-state index contributed by atoms with van der Waals surface area (Å²) in [5, 5.41) is 12.4. The van der Waals surface area contributed by atoms with Gasteiger partial charge in [-0.05, 0) is 35.1 Å². The molecule has 3 heterocycles. The van der Waals surface area contributed by atoms with E-state index in [1.165, 1.54) is 6.20 Å². The topological polar surface area (TPSA) is 89.5 Å². The Balaban J connectivity index is 1.42. The number of hydrogen-bond donors (Lipinski definition) is 1. The highest BCUT2D eigenvalue weighted by Crippen LogP contribution is 2.27. The molecule has 1 saturated heterocycles. The fraction of sp³-hybridized carbons (Fsp3) is 0.263. The maximum Gasteiger partial charge on any atom is 0.296 e. The predicted octanol–water partition coefficient (Wildman–Crippen LogP) is 3.91. The van der Waals surface area contributed by atoms with Crippen molar-refractivity contribution in [1.82, 2.24) is 15.2 Å². The Morgan fingerprint density at radius 1 is 1.20 bits per heavy atom. The first kappa shape index (κ1) is 20.8. The molecule has 11 heteroatoms. The van der Waals surface area contributed by atoms with Crippen LogP contribution in [0.1, 0.15) is 15.9 Å². The second-order valence-electron chi connectivity index (χ2n) is 6.37. The molecule has 30 heavy (non-hydrogen) atoms. The van der Waals surface area contributed by atoms with Crippen LogP contribution >= 0.6 is 34.5 Å². The van der Waals surface area contributed by atoms with Gasteiger partial charge in [0, 0.05) is 24.3 Å². The Bertz CT molecular complexity index is 1030. The molecule has 156 valence electrons. The molecule has 1 aromatic carbocycles. The van der Waals surface area contributed by atoms with Crippen molar-refractivity contribution in [3.8, 4) is 5.19 Å². The van der Waals surface area contributed by atoms with Crippen molar-refractivity contribution in [1.29, 1.82) is 0 Å². The molecule has 1 N–H and O–H groups in total. The first-order chi connectivity index (χ1) is 14.6. The van der Waals surface area contributed by atoms with Crippen LogP contribution in [0.25, 0.3) is 0 Å². The molecule has 3 aromatic rings. The molecular formula is C19H17Cl2N5O3S. The molecule has 0 aliphatic carbocycles. The summed E-state index contributed by atoms with van der Waals surface area (Å²) in [7, 11) is 0. The lowest BCUT2D eigenvalue weighted by molar-refractivity contribution is 0.102. The van der Waals surface area contributed by atoms with Gasteiger partial charge in [-0.2, -0.15) is 0 Å². The third-order valence-electron chi connectivity index (χ3n) is 4.35. The molecule has 0 unspecified atom stereocenters. The van der Waals surface area contributed by atoms with Crippen molar-refractivity contribution in [2.75, 3.05) is 36.5 Å². The monoisotopic (exact) mass is 465 g/mol. The Labute approximate surface area is 186 Å². The molecule has 4 rings (SSSR count). The van der Waals surface area contributed by atoms with Crippen LogP contribution in [0.5, 0.6) is 5.19 Å². The molecule has 0 bridgehead atoms. The summed E-state index contributed by atoms with van der Waals surface area (Å²) in [4.78, 5) is 18.9. The van der Waals surface area contributed by atoms with Crippen LogP contribution in [0.15, 0.2) is 36.5 Å². The molecule has 1 amide bonds. The first-order valence-corrected chi connectivity index (χ1v) is 10.7. The van der Waals surface area contributed by atoms with Crippen molar-refractivity contribution in [3.63, 3.8) is 0 Å².